The standard InChI is InChI=1S/C16H22O5S2/c1-17-13-12(10-19-9-11-7-5-4-6-8-11)20-15(18-2)14(13)21-16(22)23-3/h4-8,12-15H,9-10H2,1-3H3/t12-,13-,14-,15-/m1/s1. The molecule has 4 atom stereocenters. The molecule has 0 radical (unpaired) electrons. The molecule has 23 heavy (non-hydrogen) atoms. The number of methoxy groups -OCH3 is 2. The van der Waals surface area contributed by atoms with Crippen LogP contribution in [0.2, 0.25) is 0 Å². The van der Waals surface area contributed by atoms with Crippen molar-refractivity contribution in [3.8, 4) is 0 Å². The van der Waals surface area contributed by atoms with Crippen molar-refractivity contribution in [1.29, 1.82) is 0 Å². The van der Waals surface area contributed by atoms with E-state index >= 15 is 0 Å². The Kier molecular flexibility index (Phi) is 7.75. The van der Waals surface area contributed by atoms with Crippen molar-refractivity contribution < 1.29 is 23.7 Å². The van der Waals surface area contributed by atoms with Gasteiger partial charge in [0.15, 0.2) is 12.4 Å². The molecule has 7 heteroatoms. The second-order valence-corrected chi connectivity index (χ2v) is 6.42. The summed E-state index contributed by atoms with van der Waals surface area (Å²) in [7, 11) is 3.19. The Balaban J connectivity index is 1.91. The van der Waals surface area contributed by atoms with Crippen LogP contribution in [0.4, 0.5) is 0 Å². The van der Waals surface area contributed by atoms with Gasteiger partial charge in [0.2, 0.25) is 4.38 Å². The van der Waals surface area contributed by atoms with Crippen LogP contribution in [0, 0.1) is 0 Å². The number of ether oxygens (including phenoxy) is 5. The topological polar surface area (TPSA) is 46.2 Å². The molecule has 0 amide bonds. The molecule has 128 valence electrons. The summed E-state index contributed by atoms with van der Waals surface area (Å²) < 4.78 is 28.6. The minimum absolute atomic E-state index is 0.275. The van der Waals surface area contributed by atoms with Crippen molar-refractivity contribution in [2.24, 2.45) is 0 Å². The van der Waals surface area contributed by atoms with E-state index in [1.54, 1.807) is 14.2 Å². The summed E-state index contributed by atoms with van der Waals surface area (Å²) in [5.41, 5.74) is 1.11. The molecule has 0 unspecified atom stereocenters. The van der Waals surface area contributed by atoms with Gasteiger partial charge in [0.05, 0.1) is 13.2 Å². The fourth-order valence-electron chi connectivity index (χ4n) is 2.45. The Morgan fingerprint density at radius 3 is 2.52 bits per heavy atom. The van der Waals surface area contributed by atoms with Crippen LogP contribution < -0.4 is 0 Å². The number of rotatable bonds is 7. The highest BCUT2D eigenvalue weighted by atomic mass is 32.2. The maximum Gasteiger partial charge on any atom is 0.220 e. The van der Waals surface area contributed by atoms with Gasteiger partial charge in [-0.2, -0.15) is 0 Å². The summed E-state index contributed by atoms with van der Waals surface area (Å²) in [6.45, 7) is 0.905. The average Bonchev–Trinajstić information content (AvgIpc) is 2.92. The molecule has 1 aliphatic heterocycles. The van der Waals surface area contributed by atoms with Crippen molar-refractivity contribution in [1.82, 2.24) is 0 Å². The number of hydrogen-bond acceptors (Lipinski definition) is 7. The van der Waals surface area contributed by atoms with E-state index in [0.29, 0.717) is 17.6 Å². The molecule has 0 spiro atoms. The van der Waals surface area contributed by atoms with Crippen LogP contribution in [0.5, 0.6) is 0 Å². The monoisotopic (exact) mass is 358 g/mol. The third-order valence-corrected chi connectivity index (χ3v) is 4.59. The zero-order chi connectivity index (χ0) is 16.7. The Morgan fingerprint density at radius 1 is 1.17 bits per heavy atom. The fourth-order valence-corrected chi connectivity index (χ4v) is 2.77. The van der Waals surface area contributed by atoms with E-state index < -0.39 is 12.4 Å². The highest BCUT2D eigenvalue weighted by Gasteiger charge is 2.47. The maximum atomic E-state index is 5.84. The predicted octanol–water partition coefficient (Wildman–Crippen LogP) is 2.62. The van der Waals surface area contributed by atoms with Gasteiger partial charge in [-0.3, -0.25) is 0 Å². The predicted molar refractivity (Wildman–Crippen MR) is 93.6 cm³/mol. The summed E-state index contributed by atoms with van der Waals surface area (Å²) >= 11 is 6.49. The lowest BCUT2D eigenvalue weighted by Crippen LogP contribution is -2.39. The number of thiocarbonyl (C=S) groups is 1. The quantitative estimate of drug-likeness (QED) is 0.694. The van der Waals surface area contributed by atoms with Gasteiger partial charge < -0.3 is 23.7 Å². The molecule has 0 aliphatic carbocycles. The highest BCUT2D eigenvalue weighted by Crippen LogP contribution is 2.28. The zero-order valence-corrected chi connectivity index (χ0v) is 15.1. The minimum Gasteiger partial charge on any atom is -0.467 e. The molecule has 5 nitrogen and oxygen atoms in total. The van der Waals surface area contributed by atoms with Gasteiger partial charge in [0.25, 0.3) is 0 Å². The van der Waals surface area contributed by atoms with Crippen LogP contribution in [0.25, 0.3) is 0 Å². The fraction of sp³-hybridized carbons (Fsp3) is 0.562. The molecule has 0 saturated carbocycles. The van der Waals surface area contributed by atoms with Gasteiger partial charge >= 0.3 is 0 Å². The van der Waals surface area contributed by atoms with Crippen molar-refractivity contribution in [2.45, 2.75) is 31.2 Å². The molecule has 1 aromatic carbocycles. The first-order valence-electron chi connectivity index (χ1n) is 7.27. The van der Waals surface area contributed by atoms with Gasteiger partial charge in [-0.05, 0) is 24.0 Å². The molecular formula is C16H22O5S2. The van der Waals surface area contributed by atoms with E-state index in [0.717, 1.165) is 5.56 Å². The van der Waals surface area contributed by atoms with Gasteiger partial charge in [0.1, 0.15) is 12.2 Å². The Hall–Kier alpha value is -0.700. The van der Waals surface area contributed by atoms with Crippen LogP contribution in [-0.4, -0.2) is 56.1 Å². The molecule has 2 rings (SSSR count). The van der Waals surface area contributed by atoms with E-state index in [1.807, 2.05) is 36.6 Å². The van der Waals surface area contributed by atoms with Crippen LogP contribution in [0.3, 0.4) is 0 Å². The Labute approximate surface area is 146 Å². The summed E-state index contributed by atoms with van der Waals surface area (Å²) in [5, 5.41) is 0. The maximum absolute atomic E-state index is 5.84. The Bertz CT molecular complexity index is 485. The smallest absolute Gasteiger partial charge is 0.220 e. The SMILES string of the molecule is CO[C@@H]1O[C@H](COCc2ccccc2)[C@@H](OC)[C@H]1OC(=S)SC. The van der Waals surface area contributed by atoms with E-state index in [2.05, 4.69) is 0 Å². The van der Waals surface area contributed by atoms with Crippen molar-refractivity contribution in [3.63, 3.8) is 0 Å². The first kappa shape index (κ1) is 18.6. The van der Waals surface area contributed by atoms with Crippen LogP contribution in [0.15, 0.2) is 30.3 Å². The first-order valence-corrected chi connectivity index (χ1v) is 8.90. The van der Waals surface area contributed by atoms with Gasteiger partial charge in [-0.15, -0.1) is 0 Å². The van der Waals surface area contributed by atoms with Gasteiger partial charge in [-0.1, -0.05) is 42.1 Å². The van der Waals surface area contributed by atoms with E-state index in [9.17, 15) is 0 Å². The average molecular weight is 358 g/mol. The molecule has 1 heterocycles. The lowest BCUT2D eigenvalue weighted by atomic mass is 10.1. The molecule has 0 bridgehead atoms. The lowest BCUT2D eigenvalue weighted by molar-refractivity contribution is -0.153. The third kappa shape index (κ3) is 5.14. The van der Waals surface area contributed by atoms with Gasteiger partial charge in [-0.25, -0.2) is 0 Å². The first-order chi connectivity index (χ1) is 11.2. The summed E-state index contributed by atoms with van der Waals surface area (Å²) in [6.07, 6.45) is 0.345. The van der Waals surface area contributed by atoms with Crippen molar-refractivity contribution >= 4 is 28.4 Å². The number of thioether (sulfide) groups is 1. The highest BCUT2D eigenvalue weighted by molar-refractivity contribution is 8.22. The Morgan fingerprint density at radius 2 is 1.91 bits per heavy atom. The molecule has 1 aliphatic rings. The second-order valence-electron chi connectivity index (χ2n) is 5.02. The summed E-state index contributed by atoms with van der Waals surface area (Å²) in [5.74, 6) is 0. The largest absolute Gasteiger partial charge is 0.467 e. The lowest BCUT2D eigenvalue weighted by Gasteiger charge is -2.23. The number of hydrogen-bond donors (Lipinski definition) is 0. The van der Waals surface area contributed by atoms with Crippen molar-refractivity contribution in [2.75, 3.05) is 27.1 Å². The van der Waals surface area contributed by atoms with Crippen LogP contribution >= 0.6 is 24.0 Å². The molecular weight excluding hydrogens is 336 g/mol. The van der Waals surface area contributed by atoms with Crippen molar-refractivity contribution in [3.05, 3.63) is 35.9 Å². The normalized spacial score (nSPS) is 27.1. The van der Waals surface area contributed by atoms with Gasteiger partial charge in [0, 0.05) is 14.2 Å². The molecule has 0 aromatic heterocycles. The minimum atomic E-state index is -0.532. The molecule has 1 aromatic rings. The summed E-state index contributed by atoms with van der Waals surface area (Å²) in [6, 6.07) is 9.98. The van der Waals surface area contributed by atoms with E-state index in [4.69, 9.17) is 35.9 Å². The van der Waals surface area contributed by atoms with E-state index in [-0.39, 0.29) is 12.2 Å². The molecule has 1 fully saturated rings. The van der Waals surface area contributed by atoms with Crippen LogP contribution in [0.1, 0.15) is 5.56 Å². The third-order valence-electron chi connectivity index (χ3n) is 3.56. The molecule has 0 N–H and O–H groups in total. The van der Waals surface area contributed by atoms with Crippen LogP contribution in [-0.2, 0) is 30.3 Å². The second kappa shape index (κ2) is 9.56. The van der Waals surface area contributed by atoms with E-state index in [1.165, 1.54) is 11.8 Å². The zero-order valence-electron chi connectivity index (χ0n) is 13.5. The summed E-state index contributed by atoms with van der Waals surface area (Å²) in [4.78, 5) is 0. The number of benzene rings is 1. The molecule has 1 saturated heterocycles.